The van der Waals surface area contributed by atoms with Gasteiger partial charge in [0.15, 0.2) is 5.69 Å². The van der Waals surface area contributed by atoms with Crippen LogP contribution < -0.4 is 11.1 Å². The van der Waals surface area contributed by atoms with Crippen molar-refractivity contribution < 1.29 is 9.18 Å². The quantitative estimate of drug-likeness (QED) is 0.793. The number of benzene rings is 1. The number of nitrogen functional groups attached to an aromatic ring is 1. The molecule has 0 radical (unpaired) electrons. The summed E-state index contributed by atoms with van der Waals surface area (Å²) in [5.41, 5.74) is 7.74. The standard InChI is InChI=1S/C13H15FN4O/c1-3-9-11(15)12(18-17-9)13(19)16-10-5-4-7(2)6-8(10)14/h4-6H,3,15H2,1-2H3,(H,16,19)(H,17,18). The van der Waals surface area contributed by atoms with E-state index in [1.54, 1.807) is 13.0 Å². The summed E-state index contributed by atoms with van der Waals surface area (Å²) in [6, 6.07) is 4.57. The number of rotatable bonds is 3. The summed E-state index contributed by atoms with van der Waals surface area (Å²) in [5.74, 6) is -1.02. The number of carbonyl (C=O) groups excluding carboxylic acids is 1. The Balaban J connectivity index is 2.23. The first-order valence-corrected chi connectivity index (χ1v) is 5.93. The van der Waals surface area contributed by atoms with E-state index in [1.165, 1.54) is 12.1 Å². The smallest absolute Gasteiger partial charge is 0.278 e. The molecule has 0 aliphatic heterocycles. The summed E-state index contributed by atoms with van der Waals surface area (Å²) in [7, 11) is 0. The molecule has 2 aromatic rings. The lowest BCUT2D eigenvalue weighted by Gasteiger charge is -2.06. The van der Waals surface area contributed by atoms with Gasteiger partial charge in [0.25, 0.3) is 5.91 Å². The molecular weight excluding hydrogens is 247 g/mol. The molecule has 0 saturated heterocycles. The number of hydrogen-bond acceptors (Lipinski definition) is 3. The lowest BCUT2D eigenvalue weighted by Crippen LogP contribution is -2.15. The molecule has 0 spiro atoms. The van der Waals surface area contributed by atoms with Gasteiger partial charge in [-0.25, -0.2) is 4.39 Å². The van der Waals surface area contributed by atoms with Gasteiger partial charge in [-0.3, -0.25) is 9.89 Å². The van der Waals surface area contributed by atoms with Crippen LogP contribution in [-0.4, -0.2) is 16.1 Å². The average Bonchev–Trinajstić information content (AvgIpc) is 2.74. The molecule has 0 aliphatic rings. The molecule has 100 valence electrons. The summed E-state index contributed by atoms with van der Waals surface area (Å²) in [6.45, 7) is 3.67. The monoisotopic (exact) mass is 262 g/mol. The molecule has 0 saturated carbocycles. The first-order valence-electron chi connectivity index (χ1n) is 5.93. The molecule has 1 aromatic heterocycles. The van der Waals surface area contributed by atoms with Crippen molar-refractivity contribution in [3.8, 4) is 0 Å². The minimum absolute atomic E-state index is 0.0804. The number of aromatic amines is 1. The molecule has 6 heteroatoms. The highest BCUT2D eigenvalue weighted by molar-refractivity contribution is 6.06. The number of nitrogens with zero attached hydrogens (tertiary/aromatic N) is 1. The third kappa shape index (κ3) is 2.57. The first-order chi connectivity index (χ1) is 9.02. The maximum atomic E-state index is 13.6. The van der Waals surface area contributed by atoms with Crippen LogP contribution in [0.4, 0.5) is 15.8 Å². The number of nitrogens with one attached hydrogen (secondary N) is 2. The second-order valence-electron chi connectivity index (χ2n) is 4.26. The lowest BCUT2D eigenvalue weighted by atomic mass is 10.2. The van der Waals surface area contributed by atoms with Gasteiger partial charge in [0.05, 0.1) is 17.1 Å². The number of amides is 1. The molecule has 0 unspecified atom stereocenters. The van der Waals surface area contributed by atoms with E-state index in [2.05, 4.69) is 15.5 Å². The van der Waals surface area contributed by atoms with Crippen molar-refractivity contribution in [1.82, 2.24) is 10.2 Å². The van der Waals surface area contributed by atoms with Crippen LogP contribution >= 0.6 is 0 Å². The number of carbonyl (C=O) groups is 1. The molecule has 0 atom stereocenters. The highest BCUT2D eigenvalue weighted by Crippen LogP contribution is 2.19. The van der Waals surface area contributed by atoms with E-state index in [4.69, 9.17) is 5.73 Å². The Morgan fingerprint density at radius 3 is 2.84 bits per heavy atom. The third-order valence-electron chi connectivity index (χ3n) is 2.82. The minimum Gasteiger partial charge on any atom is -0.395 e. The molecular formula is C13H15FN4O. The number of aromatic nitrogens is 2. The normalized spacial score (nSPS) is 10.5. The fourth-order valence-electron chi connectivity index (χ4n) is 1.73. The van der Waals surface area contributed by atoms with E-state index in [-0.39, 0.29) is 11.4 Å². The summed E-state index contributed by atoms with van der Waals surface area (Å²) >= 11 is 0. The average molecular weight is 262 g/mol. The SMILES string of the molecule is CCc1[nH]nc(C(=O)Nc2ccc(C)cc2F)c1N. The van der Waals surface area contributed by atoms with Gasteiger partial charge in [0, 0.05) is 0 Å². The van der Waals surface area contributed by atoms with Crippen molar-refractivity contribution in [1.29, 1.82) is 0 Å². The molecule has 0 fully saturated rings. The Morgan fingerprint density at radius 1 is 1.53 bits per heavy atom. The van der Waals surface area contributed by atoms with Crippen molar-refractivity contribution >= 4 is 17.3 Å². The zero-order valence-electron chi connectivity index (χ0n) is 10.7. The van der Waals surface area contributed by atoms with Crippen LogP contribution in [0, 0.1) is 12.7 Å². The molecule has 0 aliphatic carbocycles. The topological polar surface area (TPSA) is 83.8 Å². The molecule has 1 heterocycles. The van der Waals surface area contributed by atoms with Crippen molar-refractivity contribution in [3.05, 3.63) is 41.0 Å². The van der Waals surface area contributed by atoms with Crippen molar-refractivity contribution in [2.75, 3.05) is 11.1 Å². The largest absolute Gasteiger partial charge is 0.395 e. The third-order valence-corrected chi connectivity index (χ3v) is 2.82. The van der Waals surface area contributed by atoms with E-state index in [1.807, 2.05) is 6.92 Å². The van der Waals surface area contributed by atoms with Crippen molar-refractivity contribution in [2.45, 2.75) is 20.3 Å². The van der Waals surface area contributed by atoms with Gasteiger partial charge in [-0.1, -0.05) is 13.0 Å². The highest BCUT2D eigenvalue weighted by atomic mass is 19.1. The van der Waals surface area contributed by atoms with Gasteiger partial charge in [-0.2, -0.15) is 5.10 Å². The van der Waals surface area contributed by atoms with Gasteiger partial charge in [-0.05, 0) is 31.0 Å². The maximum absolute atomic E-state index is 13.6. The van der Waals surface area contributed by atoms with Gasteiger partial charge >= 0.3 is 0 Å². The fraction of sp³-hybridized carbons (Fsp3) is 0.231. The van der Waals surface area contributed by atoms with E-state index in [0.29, 0.717) is 17.8 Å². The number of anilines is 2. The van der Waals surface area contributed by atoms with E-state index in [9.17, 15) is 9.18 Å². The number of hydrogen-bond donors (Lipinski definition) is 3. The van der Waals surface area contributed by atoms with E-state index >= 15 is 0 Å². The van der Waals surface area contributed by atoms with E-state index in [0.717, 1.165) is 5.56 Å². The molecule has 1 amide bonds. The van der Waals surface area contributed by atoms with Crippen LogP contribution in [0.5, 0.6) is 0 Å². The summed E-state index contributed by atoms with van der Waals surface area (Å²) < 4.78 is 13.6. The molecule has 1 aromatic carbocycles. The summed E-state index contributed by atoms with van der Waals surface area (Å²) in [4.78, 5) is 12.0. The van der Waals surface area contributed by atoms with Crippen molar-refractivity contribution in [2.24, 2.45) is 0 Å². The van der Waals surface area contributed by atoms with Crippen LogP contribution in [0.3, 0.4) is 0 Å². The zero-order valence-corrected chi connectivity index (χ0v) is 10.7. The van der Waals surface area contributed by atoms with Crippen LogP contribution in [0.2, 0.25) is 0 Å². The number of halogens is 1. The Kier molecular flexibility index (Phi) is 3.50. The molecule has 0 bridgehead atoms. The molecule has 19 heavy (non-hydrogen) atoms. The second kappa shape index (κ2) is 5.09. The number of nitrogens with two attached hydrogens (primary N) is 1. The maximum Gasteiger partial charge on any atom is 0.278 e. The second-order valence-corrected chi connectivity index (χ2v) is 4.26. The summed E-state index contributed by atoms with van der Waals surface area (Å²) in [6.07, 6.45) is 0.644. The van der Waals surface area contributed by atoms with E-state index < -0.39 is 11.7 Å². The molecule has 5 nitrogen and oxygen atoms in total. The van der Waals surface area contributed by atoms with Crippen LogP contribution in [0.1, 0.15) is 28.7 Å². The molecule has 4 N–H and O–H groups in total. The van der Waals surface area contributed by atoms with Crippen LogP contribution in [0.15, 0.2) is 18.2 Å². The van der Waals surface area contributed by atoms with Gasteiger partial charge < -0.3 is 11.1 Å². The Bertz CT molecular complexity index is 621. The predicted octanol–water partition coefficient (Wildman–Crippen LogP) is 2.25. The Hall–Kier alpha value is -2.37. The number of H-pyrrole nitrogens is 1. The highest BCUT2D eigenvalue weighted by Gasteiger charge is 2.17. The first kappa shape index (κ1) is 13.1. The van der Waals surface area contributed by atoms with Crippen molar-refractivity contribution in [3.63, 3.8) is 0 Å². The van der Waals surface area contributed by atoms with Gasteiger partial charge in [-0.15, -0.1) is 0 Å². The fourth-order valence-corrected chi connectivity index (χ4v) is 1.73. The Morgan fingerprint density at radius 2 is 2.26 bits per heavy atom. The molecule has 2 rings (SSSR count). The Labute approximate surface area is 110 Å². The van der Waals surface area contributed by atoms with Crippen LogP contribution in [-0.2, 0) is 6.42 Å². The van der Waals surface area contributed by atoms with Gasteiger partial charge in [0.2, 0.25) is 0 Å². The zero-order chi connectivity index (χ0) is 14.0. The van der Waals surface area contributed by atoms with Gasteiger partial charge in [0.1, 0.15) is 5.82 Å². The predicted molar refractivity (Wildman–Crippen MR) is 71.5 cm³/mol. The number of aryl methyl sites for hydroxylation is 2. The van der Waals surface area contributed by atoms with Crippen LogP contribution in [0.25, 0.3) is 0 Å². The lowest BCUT2D eigenvalue weighted by molar-refractivity contribution is 0.102. The summed E-state index contributed by atoms with van der Waals surface area (Å²) in [5, 5.41) is 8.99. The minimum atomic E-state index is -0.531.